The third kappa shape index (κ3) is 3.61. The van der Waals surface area contributed by atoms with E-state index in [0.717, 1.165) is 5.56 Å². The maximum Gasteiger partial charge on any atom is 0.269 e. The summed E-state index contributed by atoms with van der Waals surface area (Å²) in [7, 11) is -0.295. The van der Waals surface area contributed by atoms with Gasteiger partial charge in [0.2, 0.25) is 10.0 Å². The zero-order chi connectivity index (χ0) is 16.3. The summed E-state index contributed by atoms with van der Waals surface area (Å²) in [5.74, 6) is -0.0871. The number of nitro benzene ring substituents is 1. The fraction of sp³-hybridized carbons (Fsp3) is 0.308. The average Bonchev–Trinajstić information content (AvgIpc) is 2.91. The molecule has 0 radical (unpaired) electrons. The van der Waals surface area contributed by atoms with E-state index in [2.05, 4.69) is 5.10 Å². The lowest BCUT2D eigenvalue weighted by molar-refractivity contribution is -0.384. The Bertz CT molecular complexity index is 768. The molecule has 8 nitrogen and oxygen atoms in total. The molecule has 0 spiro atoms. The van der Waals surface area contributed by atoms with Crippen LogP contribution in [0.5, 0.6) is 0 Å². The SMILES string of the molecule is CN(c1cnn(C)c1)S(=O)(=O)CCc1ccc([N+](=O)[O-])cc1. The van der Waals surface area contributed by atoms with Crippen molar-refractivity contribution in [2.75, 3.05) is 17.1 Å². The van der Waals surface area contributed by atoms with E-state index in [1.807, 2.05) is 0 Å². The van der Waals surface area contributed by atoms with Crippen molar-refractivity contribution < 1.29 is 13.3 Å². The number of hydrogen-bond donors (Lipinski definition) is 0. The largest absolute Gasteiger partial charge is 0.274 e. The van der Waals surface area contributed by atoms with Crippen molar-refractivity contribution in [3.8, 4) is 0 Å². The van der Waals surface area contributed by atoms with Crippen LogP contribution in [0.3, 0.4) is 0 Å². The standard InChI is InChI=1S/C13H16N4O4S/c1-15-10-13(9-14-15)16(2)22(20,21)8-7-11-3-5-12(6-4-11)17(18)19/h3-6,9-10H,7-8H2,1-2H3. The molecular formula is C13H16N4O4S. The molecule has 22 heavy (non-hydrogen) atoms. The van der Waals surface area contributed by atoms with E-state index in [0.29, 0.717) is 5.69 Å². The lowest BCUT2D eigenvalue weighted by atomic mass is 10.1. The van der Waals surface area contributed by atoms with Gasteiger partial charge in [-0.3, -0.25) is 19.1 Å². The minimum Gasteiger partial charge on any atom is -0.274 e. The van der Waals surface area contributed by atoms with Crippen molar-refractivity contribution in [3.63, 3.8) is 0 Å². The van der Waals surface area contributed by atoms with Gasteiger partial charge in [-0.25, -0.2) is 8.42 Å². The van der Waals surface area contributed by atoms with Gasteiger partial charge < -0.3 is 0 Å². The van der Waals surface area contributed by atoms with E-state index in [1.165, 1.54) is 34.4 Å². The summed E-state index contributed by atoms with van der Waals surface area (Å²) >= 11 is 0. The highest BCUT2D eigenvalue weighted by Crippen LogP contribution is 2.17. The number of non-ortho nitro benzene ring substituents is 1. The van der Waals surface area contributed by atoms with E-state index in [9.17, 15) is 18.5 Å². The van der Waals surface area contributed by atoms with Crippen LogP contribution >= 0.6 is 0 Å². The Hall–Kier alpha value is -2.42. The van der Waals surface area contributed by atoms with Crippen molar-refractivity contribution in [2.45, 2.75) is 6.42 Å². The molecule has 0 aliphatic carbocycles. The normalized spacial score (nSPS) is 11.4. The third-order valence-corrected chi connectivity index (χ3v) is 5.03. The molecule has 0 unspecified atom stereocenters. The third-order valence-electron chi connectivity index (χ3n) is 3.27. The van der Waals surface area contributed by atoms with E-state index >= 15 is 0 Å². The predicted molar refractivity (Wildman–Crippen MR) is 82.2 cm³/mol. The predicted octanol–water partition coefficient (Wildman–Crippen LogP) is 1.34. The first-order valence-electron chi connectivity index (χ1n) is 6.48. The molecule has 1 heterocycles. The van der Waals surface area contributed by atoms with Gasteiger partial charge in [0, 0.05) is 32.4 Å². The van der Waals surface area contributed by atoms with E-state index in [-0.39, 0.29) is 17.9 Å². The van der Waals surface area contributed by atoms with Crippen LogP contribution in [0.4, 0.5) is 11.4 Å². The van der Waals surface area contributed by atoms with Crippen molar-refractivity contribution in [1.82, 2.24) is 9.78 Å². The van der Waals surface area contributed by atoms with Crippen molar-refractivity contribution in [1.29, 1.82) is 0 Å². The number of anilines is 1. The van der Waals surface area contributed by atoms with Crippen LogP contribution in [0.1, 0.15) is 5.56 Å². The molecule has 0 fully saturated rings. The highest BCUT2D eigenvalue weighted by Gasteiger charge is 2.19. The summed E-state index contributed by atoms with van der Waals surface area (Å²) in [6.45, 7) is 0. The topological polar surface area (TPSA) is 98.3 Å². The maximum atomic E-state index is 12.3. The van der Waals surface area contributed by atoms with Crippen LogP contribution in [-0.2, 0) is 23.5 Å². The van der Waals surface area contributed by atoms with Gasteiger partial charge >= 0.3 is 0 Å². The summed E-state index contributed by atoms with van der Waals surface area (Å²) in [5, 5.41) is 14.5. The van der Waals surface area contributed by atoms with Crippen LogP contribution in [0.15, 0.2) is 36.7 Å². The van der Waals surface area contributed by atoms with Crippen LogP contribution in [-0.4, -0.2) is 35.9 Å². The first-order valence-corrected chi connectivity index (χ1v) is 8.09. The van der Waals surface area contributed by atoms with Crippen molar-refractivity contribution >= 4 is 21.4 Å². The molecule has 1 aromatic carbocycles. The molecule has 0 saturated carbocycles. The number of sulfonamides is 1. The highest BCUT2D eigenvalue weighted by atomic mass is 32.2. The Balaban J connectivity index is 2.04. The van der Waals surface area contributed by atoms with Crippen LogP contribution in [0, 0.1) is 10.1 Å². The zero-order valence-electron chi connectivity index (χ0n) is 12.2. The molecule has 0 amide bonds. The number of nitrogens with zero attached hydrogens (tertiary/aromatic N) is 4. The second-order valence-electron chi connectivity index (χ2n) is 4.83. The summed E-state index contributed by atoms with van der Waals surface area (Å²) in [6, 6.07) is 5.87. The van der Waals surface area contributed by atoms with E-state index < -0.39 is 14.9 Å². The van der Waals surface area contributed by atoms with Gasteiger partial charge in [0.1, 0.15) is 0 Å². The second-order valence-corrected chi connectivity index (χ2v) is 6.95. The molecule has 2 aromatic rings. The number of rotatable bonds is 6. The summed E-state index contributed by atoms with van der Waals surface area (Å²) in [4.78, 5) is 10.1. The first-order chi connectivity index (χ1) is 10.3. The number of aromatic nitrogens is 2. The van der Waals surface area contributed by atoms with Gasteiger partial charge in [0.25, 0.3) is 5.69 Å². The Morgan fingerprint density at radius 2 is 1.95 bits per heavy atom. The quantitative estimate of drug-likeness (QED) is 0.590. The molecule has 0 aliphatic heterocycles. The summed E-state index contributed by atoms with van der Waals surface area (Å²) < 4.78 is 27.3. The zero-order valence-corrected chi connectivity index (χ0v) is 13.0. The minimum atomic E-state index is -3.48. The van der Waals surface area contributed by atoms with Crippen LogP contribution in [0.2, 0.25) is 0 Å². The van der Waals surface area contributed by atoms with Crippen LogP contribution in [0.25, 0.3) is 0 Å². The Labute approximate surface area is 128 Å². The fourth-order valence-corrected chi connectivity index (χ4v) is 3.08. The minimum absolute atomic E-state index is 0.0147. The molecule has 9 heteroatoms. The number of aryl methyl sites for hydroxylation is 2. The van der Waals surface area contributed by atoms with Gasteiger partial charge in [-0.2, -0.15) is 5.10 Å². The first kappa shape index (κ1) is 16.0. The molecule has 2 rings (SSSR count). The smallest absolute Gasteiger partial charge is 0.269 e. The molecular weight excluding hydrogens is 308 g/mol. The fourth-order valence-electron chi connectivity index (χ4n) is 1.90. The molecule has 0 bridgehead atoms. The van der Waals surface area contributed by atoms with Crippen molar-refractivity contribution in [2.24, 2.45) is 7.05 Å². The van der Waals surface area contributed by atoms with E-state index in [1.54, 1.807) is 25.4 Å². The van der Waals surface area contributed by atoms with Gasteiger partial charge in [0.15, 0.2) is 0 Å². The Morgan fingerprint density at radius 3 is 2.45 bits per heavy atom. The van der Waals surface area contributed by atoms with Gasteiger partial charge in [-0.15, -0.1) is 0 Å². The molecule has 0 saturated heterocycles. The Morgan fingerprint density at radius 1 is 1.32 bits per heavy atom. The molecule has 1 aromatic heterocycles. The number of hydrogen-bond acceptors (Lipinski definition) is 5. The van der Waals surface area contributed by atoms with Crippen molar-refractivity contribution in [3.05, 3.63) is 52.3 Å². The summed E-state index contributed by atoms with van der Waals surface area (Å²) in [6.07, 6.45) is 3.37. The molecule has 0 atom stereocenters. The maximum absolute atomic E-state index is 12.3. The second kappa shape index (κ2) is 6.14. The molecule has 0 N–H and O–H groups in total. The number of nitro groups is 1. The van der Waals surface area contributed by atoms with E-state index in [4.69, 9.17) is 0 Å². The Kier molecular flexibility index (Phi) is 4.45. The van der Waals surface area contributed by atoms with Gasteiger partial charge in [-0.05, 0) is 12.0 Å². The average molecular weight is 324 g/mol. The molecule has 118 valence electrons. The lowest BCUT2D eigenvalue weighted by Crippen LogP contribution is -2.29. The van der Waals surface area contributed by atoms with Crippen LogP contribution < -0.4 is 4.31 Å². The summed E-state index contributed by atoms with van der Waals surface area (Å²) in [5.41, 5.74) is 1.21. The molecule has 0 aliphatic rings. The van der Waals surface area contributed by atoms with Gasteiger partial charge in [-0.1, -0.05) is 12.1 Å². The monoisotopic (exact) mass is 324 g/mol. The highest BCUT2D eigenvalue weighted by molar-refractivity contribution is 7.92. The number of benzene rings is 1. The van der Waals surface area contributed by atoms with Gasteiger partial charge in [0.05, 0.1) is 22.6 Å². The lowest BCUT2D eigenvalue weighted by Gasteiger charge is -2.17.